The van der Waals surface area contributed by atoms with Crippen molar-refractivity contribution >= 4 is 35.1 Å². The van der Waals surface area contributed by atoms with Crippen molar-refractivity contribution < 1.29 is 4.79 Å². The first-order valence-corrected chi connectivity index (χ1v) is 8.78. The second-order valence-electron chi connectivity index (χ2n) is 5.52. The van der Waals surface area contributed by atoms with Gasteiger partial charge in [-0.25, -0.2) is 4.68 Å². The number of aromatic nitrogens is 4. The molecule has 1 atom stereocenters. The number of carbonyl (C=O) groups excluding carboxylic acids is 1. The summed E-state index contributed by atoms with van der Waals surface area (Å²) in [6.45, 7) is 0. The highest BCUT2D eigenvalue weighted by Crippen LogP contribution is 2.41. The Bertz CT molecular complexity index is 902. The Hall–Kier alpha value is -2.25. The molecule has 1 aliphatic heterocycles. The molecule has 1 N–H and O–H groups in total. The van der Waals surface area contributed by atoms with E-state index in [9.17, 15) is 4.79 Å². The van der Waals surface area contributed by atoms with Gasteiger partial charge in [-0.15, -0.1) is 11.8 Å². The maximum absolute atomic E-state index is 12.1. The number of halogens is 1. The van der Waals surface area contributed by atoms with Crippen molar-refractivity contribution in [1.29, 1.82) is 0 Å². The summed E-state index contributed by atoms with van der Waals surface area (Å²) < 4.78 is 3.50. The molecule has 6 nitrogen and oxygen atoms in total. The number of rotatable bonds is 2. The quantitative estimate of drug-likeness (QED) is 0.763. The zero-order valence-electron chi connectivity index (χ0n) is 12.8. The third kappa shape index (κ3) is 2.70. The molecule has 0 spiro atoms. The highest BCUT2D eigenvalue weighted by molar-refractivity contribution is 8.00. The van der Waals surface area contributed by atoms with Crippen molar-refractivity contribution in [2.45, 2.75) is 5.25 Å². The van der Waals surface area contributed by atoms with Crippen LogP contribution in [0, 0.1) is 0 Å². The first-order chi connectivity index (χ1) is 11.6. The molecular weight excluding hydrogens is 346 g/mol. The van der Waals surface area contributed by atoms with E-state index in [2.05, 4.69) is 15.5 Å². The average molecular weight is 360 g/mol. The van der Waals surface area contributed by atoms with Crippen LogP contribution in [0.4, 0.5) is 5.82 Å². The van der Waals surface area contributed by atoms with E-state index in [1.165, 1.54) is 0 Å². The molecule has 1 aliphatic rings. The number of nitrogens with zero attached hydrogens (tertiary/aromatic N) is 4. The summed E-state index contributed by atoms with van der Waals surface area (Å²) in [5.41, 5.74) is 2.86. The largest absolute Gasteiger partial charge is 0.310 e. The van der Waals surface area contributed by atoms with Crippen LogP contribution in [0.25, 0.3) is 5.69 Å². The molecule has 24 heavy (non-hydrogen) atoms. The van der Waals surface area contributed by atoms with Gasteiger partial charge < -0.3 is 5.32 Å². The lowest BCUT2D eigenvalue weighted by molar-refractivity contribution is -0.113. The molecule has 0 aliphatic carbocycles. The molecule has 0 fully saturated rings. The summed E-state index contributed by atoms with van der Waals surface area (Å²) in [6, 6.07) is 7.35. The Morgan fingerprint density at radius 3 is 2.75 bits per heavy atom. The van der Waals surface area contributed by atoms with Crippen LogP contribution in [-0.4, -0.2) is 31.2 Å². The monoisotopic (exact) mass is 359 g/mol. The van der Waals surface area contributed by atoms with Crippen LogP contribution >= 0.6 is 23.4 Å². The van der Waals surface area contributed by atoms with Gasteiger partial charge in [0.2, 0.25) is 5.91 Å². The second kappa shape index (κ2) is 5.99. The van der Waals surface area contributed by atoms with Crippen LogP contribution in [0.5, 0.6) is 0 Å². The zero-order valence-corrected chi connectivity index (χ0v) is 14.4. The van der Waals surface area contributed by atoms with E-state index >= 15 is 0 Å². The number of hydrogen-bond donors (Lipinski definition) is 1. The fraction of sp³-hybridized carbons (Fsp3) is 0.188. The summed E-state index contributed by atoms with van der Waals surface area (Å²) >= 11 is 7.53. The van der Waals surface area contributed by atoms with Crippen LogP contribution in [0.1, 0.15) is 16.4 Å². The van der Waals surface area contributed by atoms with Crippen LogP contribution in [-0.2, 0) is 11.8 Å². The Morgan fingerprint density at radius 1 is 1.25 bits per heavy atom. The number of anilines is 1. The van der Waals surface area contributed by atoms with Gasteiger partial charge in [-0.1, -0.05) is 11.6 Å². The van der Waals surface area contributed by atoms with Crippen molar-refractivity contribution in [3.63, 3.8) is 0 Å². The van der Waals surface area contributed by atoms with Crippen molar-refractivity contribution in [2.24, 2.45) is 7.05 Å². The molecular formula is C16H14ClN5OS. The molecule has 0 saturated carbocycles. The van der Waals surface area contributed by atoms with Crippen molar-refractivity contribution in [3.8, 4) is 5.69 Å². The molecule has 0 radical (unpaired) electrons. The minimum atomic E-state index is -0.0386. The molecule has 0 saturated heterocycles. The highest BCUT2D eigenvalue weighted by Gasteiger charge is 2.28. The summed E-state index contributed by atoms with van der Waals surface area (Å²) in [6.07, 6.45) is 5.61. The topological polar surface area (TPSA) is 64.7 Å². The number of aryl methyl sites for hydroxylation is 1. The average Bonchev–Trinajstić information content (AvgIpc) is 3.12. The normalized spacial score (nSPS) is 17.2. The standard InChI is InChI=1S/C16H14ClN5OS/c1-21-8-10(6-18-21)15-13-7-19-22(12-4-2-11(17)3-5-12)16(13)20-14(23)9-24-15/h2-8,15H,9H2,1H3,(H,20,23). The highest BCUT2D eigenvalue weighted by atomic mass is 35.5. The lowest BCUT2D eigenvalue weighted by atomic mass is 10.1. The van der Waals surface area contributed by atoms with E-state index in [1.54, 1.807) is 39.5 Å². The number of hydrogen-bond acceptors (Lipinski definition) is 4. The Balaban J connectivity index is 1.82. The minimum absolute atomic E-state index is 0.00806. The predicted octanol–water partition coefficient (Wildman–Crippen LogP) is 3.03. The third-order valence-electron chi connectivity index (χ3n) is 3.82. The van der Waals surface area contributed by atoms with E-state index < -0.39 is 0 Å². The molecule has 3 aromatic rings. The predicted molar refractivity (Wildman–Crippen MR) is 94.7 cm³/mol. The molecule has 1 unspecified atom stereocenters. The summed E-state index contributed by atoms with van der Waals surface area (Å²) in [7, 11) is 1.88. The number of thioether (sulfide) groups is 1. The van der Waals surface area contributed by atoms with Crippen LogP contribution in [0.3, 0.4) is 0 Å². The molecule has 0 bridgehead atoms. The van der Waals surface area contributed by atoms with Gasteiger partial charge >= 0.3 is 0 Å². The van der Waals surface area contributed by atoms with Gasteiger partial charge in [0.25, 0.3) is 0 Å². The Morgan fingerprint density at radius 2 is 2.04 bits per heavy atom. The van der Waals surface area contributed by atoms with Gasteiger partial charge in [0.05, 0.1) is 29.1 Å². The van der Waals surface area contributed by atoms with Crippen molar-refractivity contribution in [3.05, 3.63) is 59.0 Å². The number of carbonyl (C=O) groups is 1. The van der Waals surface area contributed by atoms with Gasteiger partial charge in [0.15, 0.2) is 0 Å². The molecule has 3 heterocycles. The van der Waals surface area contributed by atoms with Crippen molar-refractivity contribution in [2.75, 3.05) is 11.1 Å². The first-order valence-electron chi connectivity index (χ1n) is 7.35. The molecule has 1 aromatic carbocycles. The Labute approximate surface area is 147 Å². The maximum Gasteiger partial charge on any atom is 0.235 e. The number of amides is 1. The smallest absolute Gasteiger partial charge is 0.235 e. The van der Waals surface area contributed by atoms with Crippen LogP contribution in [0.15, 0.2) is 42.9 Å². The lowest BCUT2D eigenvalue weighted by Gasteiger charge is -2.12. The summed E-state index contributed by atoms with van der Waals surface area (Å²) in [4.78, 5) is 12.1. The molecule has 8 heteroatoms. The van der Waals surface area contributed by atoms with E-state index in [4.69, 9.17) is 11.6 Å². The van der Waals surface area contributed by atoms with Crippen LogP contribution < -0.4 is 5.32 Å². The zero-order chi connectivity index (χ0) is 16.7. The lowest BCUT2D eigenvalue weighted by Crippen LogP contribution is -2.15. The molecule has 1 amide bonds. The molecule has 2 aromatic heterocycles. The van der Waals surface area contributed by atoms with E-state index in [-0.39, 0.29) is 11.2 Å². The van der Waals surface area contributed by atoms with E-state index in [1.807, 2.05) is 31.6 Å². The molecule has 4 rings (SSSR count). The number of benzene rings is 1. The maximum atomic E-state index is 12.1. The second-order valence-corrected chi connectivity index (χ2v) is 7.05. The van der Waals surface area contributed by atoms with Gasteiger partial charge in [-0.2, -0.15) is 10.2 Å². The minimum Gasteiger partial charge on any atom is -0.310 e. The summed E-state index contributed by atoms with van der Waals surface area (Å²) in [5, 5.41) is 12.4. The third-order valence-corrected chi connectivity index (χ3v) is 5.36. The SMILES string of the molecule is Cn1cc(C2SCC(=O)Nc3c2cnn3-c2ccc(Cl)cc2)cn1. The van der Waals surface area contributed by atoms with Gasteiger partial charge in [0.1, 0.15) is 5.82 Å². The van der Waals surface area contributed by atoms with E-state index in [0.717, 1.165) is 16.8 Å². The molecule has 122 valence electrons. The van der Waals surface area contributed by atoms with Gasteiger partial charge in [-0.05, 0) is 24.3 Å². The number of nitrogens with one attached hydrogen (secondary N) is 1. The van der Waals surface area contributed by atoms with E-state index in [0.29, 0.717) is 16.6 Å². The van der Waals surface area contributed by atoms with Gasteiger partial charge in [0, 0.05) is 29.4 Å². The fourth-order valence-electron chi connectivity index (χ4n) is 2.72. The van der Waals surface area contributed by atoms with Gasteiger partial charge in [-0.3, -0.25) is 9.48 Å². The summed E-state index contributed by atoms with van der Waals surface area (Å²) in [5.74, 6) is 1.04. The first kappa shape index (κ1) is 15.3. The number of fused-ring (bicyclic) bond motifs is 1. The fourth-order valence-corrected chi connectivity index (χ4v) is 3.91. The Kier molecular flexibility index (Phi) is 3.82. The van der Waals surface area contributed by atoms with Crippen LogP contribution in [0.2, 0.25) is 5.02 Å². The van der Waals surface area contributed by atoms with Crippen molar-refractivity contribution in [1.82, 2.24) is 19.6 Å².